The van der Waals surface area contributed by atoms with Crippen LogP contribution in [0.25, 0.3) is 6.08 Å². The summed E-state index contributed by atoms with van der Waals surface area (Å²) in [6, 6.07) is 14.1. The number of benzene rings is 2. The quantitative estimate of drug-likeness (QED) is 0.788. The molecule has 2 aromatic carbocycles. The molecule has 1 atom stereocenters. The van der Waals surface area contributed by atoms with Crippen molar-refractivity contribution >= 4 is 12.0 Å². The summed E-state index contributed by atoms with van der Waals surface area (Å²) in [5.74, 6) is 0.458. The van der Waals surface area contributed by atoms with Crippen LogP contribution in [0.5, 0.6) is 5.75 Å². The second-order valence-electron chi connectivity index (χ2n) is 5.85. The summed E-state index contributed by atoms with van der Waals surface area (Å²) in [5, 5.41) is 0. The summed E-state index contributed by atoms with van der Waals surface area (Å²) in [5.41, 5.74) is 1.80. The van der Waals surface area contributed by atoms with Gasteiger partial charge in [0.15, 0.2) is 0 Å². The topological polar surface area (TPSA) is 29.5 Å². The van der Waals surface area contributed by atoms with Crippen molar-refractivity contribution in [3.8, 4) is 5.75 Å². The number of likely N-dealkylation sites (tertiary alicyclic amines) is 1. The van der Waals surface area contributed by atoms with Gasteiger partial charge in [-0.2, -0.15) is 0 Å². The van der Waals surface area contributed by atoms with E-state index in [1.165, 1.54) is 18.2 Å². The number of halogens is 1. The highest BCUT2D eigenvalue weighted by atomic mass is 19.1. The Labute approximate surface area is 141 Å². The third kappa shape index (κ3) is 3.65. The van der Waals surface area contributed by atoms with Crippen LogP contribution in [0.4, 0.5) is 4.39 Å². The normalized spacial score (nSPS) is 17.4. The molecule has 3 rings (SSSR count). The van der Waals surface area contributed by atoms with Gasteiger partial charge in [-0.15, -0.1) is 0 Å². The molecule has 0 aliphatic carbocycles. The minimum absolute atomic E-state index is 0.0439. The molecule has 1 heterocycles. The van der Waals surface area contributed by atoms with E-state index in [0.717, 1.165) is 30.7 Å². The second kappa shape index (κ2) is 7.30. The van der Waals surface area contributed by atoms with Crippen molar-refractivity contribution in [3.63, 3.8) is 0 Å². The van der Waals surface area contributed by atoms with E-state index in [9.17, 15) is 9.18 Å². The Morgan fingerprint density at radius 1 is 1.25 bits per heavy atom. The van der Waals surface area contributed by atoms with Gasteiger partial charge >= 0.3 is 0 Å². The lowest BCUT2D eigenvalue weighted by molar-refractivity contribution is -0.126. The average Bonchev–Trinajstić information content (AvgIpc) is 3.09. The van der Waals surface area contributed by atoms with Crippen molar-refractivity contribution in [1.29, 1.82) is 0 Å². The maximum atomic E-state index is 13.2. The van der Waals surface area contributed by atoms with E-state index in [1.54, 1.807) is 25.3 Å². The molecule has 1 unspecified atom stereocenters. The Kier molecular flexibility index (Phi) is 4.94. The van der Waals surface area contributed by atoms with Gasteiger partial charge in [0.2, 0.25) is 5.91 Å². The van der Waals surface area contributed by atoms with E-state index in [0.29, 0.717) is 5.56 Å². The molecule has 0 saturated carbocycles. The fraction of sp³-hybridized carbons (Fsp3) is 0.250. The number of hydrogen-bond donors (Lipinski definition) is 0. The Hall–Kier alpha value is -2.62. The van der Waals surface area contributed by atoms with Gasteiger partial charge in [0.25, 0.3) is 0 Å². The van der Waals surface area contributed by atoms with Crippen molar-refractivity contribution in [3.05, 3.63) is 71.6 Å². The van der Waals surface area contributed by atoms with Crippen LogP contribution in [0.2, 0.25) is 0 Å². The van der Waals surface area contributed by atoms with Crippen molar-refractivity contribution < 1.29 is 13.9 Å². The molecule has 1 aliphatic heterocycles. The largest absolute Gasteiger partial charge is 0.497 e. The molecule has 3 nitrogen and oxygen atoms in total. The molecule has 4 heteroatoms. The summed E-state index contributed by atoms with van der Waals surface area (Å²) in [7, 11) is 1.64. The molecule has 1 amide bonds. The van der Waals surface area contributed by atoms with E-state index in [1.807, 2.05) is 29.2 Å². The Morgan fingerprint density at radius 3 is 2.75 bits per heavy atom. The van der Waals surface area contributed by atoms with E-state index in [2.05, 4.69) is 0 Å². The predicted octanol–water partition coefficient (Wildman–Crippen LogP) is 4.21. The Balaban J connectivity index is 1.73. The van der Waals surface area contributed by atoms with Gasteiger partial charge in [-0.05, 0) is 54.3 Å². The molecule has 0 bridgehead atoms. The number of amides is 1. The summed E-state index contributed by atoms with van der Waals surface area (Å²) in [6.07, 6.45) is 5.12. The molecule has 1 aliphatic rings. The third-order valence-electron chi connectivity index (χ3n) is 4.30. The van der Waals surface area contributed by atoms with Gasteiger partial charge in [0.1, 0.15) is 11.6 Å². The molecule has 0 aromatic heterocycles. The third-order valence-corrected chi connectivity index (χ3v) is 4.30. The molecule has 0 N–H and O–H groups in total. The predicted molar refractivity (Wildman–Crippen MR) is 92.1 cm³/mol. The first-order valence-electron chi connectivity index (χ1n) is 8.05. The zero-order valence-corrected chi connectivity index (χ0v) is 13.6. The molecular weight excluding hydrogens is 305 g/mol. The first-order valence-corrected chi connectivity index (χ1v) is 8.05. The number of carbonyl (C=O) groups is 1. The standard InChI is InChI=1S/C20H20FNO2/c1-24-18-10-8-16(9-11-18)19-6-3-13-22(19)20(23)12-7-15-4-2-5-17(21)14-15/h2,4-5,7-12,14,19H,3,6,13H2,1H3. The zero-order chi connectivity index (χ0) is 16.9. The van der Waals surface area contributed by atoms with Gasteiger partial charge in [-0.3, -0.25) is 4.79 Å². The van der Waals surface area contributed by atoms with E-state index >= 15 is 0 Å². The number of carbonyl (C=O) groups excluding carboxylic acids is 1. The zero-order valence-electron chi connectivity index (χ0n) is 13.6. The molecule has 0 spiro atoms. The molecule has 124 valence electrons. The molecular formula is C20H20FNO2. The van der Waals surface area contributed by atoms with Crippen LogP contribution in [-0.2, 0) is 4.79 Å². The molecule has 1 saturated heterocycles. The van der Waals surface area contributed by atoms with Gasteiger partial charge in [0, 0.05) is 12.6 Å². The monoisotopic (exact) mass is 325 g/mol. The summed E-state index contributed by atoms with van der Waals surface area (Å²) >= 11 is 0. The van der Waals surface area contributed by atoms with Gasteiger partial charge in [-0.25, -0.2) is 4.39 Å². The lowest BCUT2D eigenvalue weighted by atomic mass is 10.0. The van der Waals surface area contributed by atoms with Crippen LogP contribution >= 0.6 is 0 Å². The van der Waals surface area contributed by atoms with Crippen LogP contribution in [0.1, 0.15) is 30.0 Å². The Morgan fingerprint density at radius 2 is 2.04 bits per heavy atom. The number of rotatable bonds is 4. The second-order valence-corrected chi connectivity index (χ2v) is 5.85. The van der Waals surface area contributed by atoms with E-state index < -0.39 is 0 Å². The average molecular weight is 325 g/mol. The van der Waals surface area contributed by atoms with Crippen molar-refractivity contribution in [2.75, 3.05) is 13.7 Å². The number of ether oxygens (including phenoxy) is 1. The number of hydrogen-bond acceptors (Lipinski definition) is 2. The summed E-state index contributed by atoms with van der Waals surface area (Å²) in [6.45, 7) is 0.739. The lowest BCUT2D eigenvalue weighted by Gasteiger charge is -2.24. The van der Waals surface area contributed by atoms with Crippen LogP contribution in [-0.4, -0.2) is 24.5 Å². The fourth-order valence-electron chi connectivity index (χ4n) is 3.08. The highest BCUT2D eigenvalue weighted by Gasteiger charge is 2.28. The molecule has 24 heavy (non-hydrogen) atoms. The van der Waals surface area contributed by atoms with Gasteiger partial charge in [-0.1, -0.05) is 24.3 Å². The summed E-state index contributed by atoms with van der Waals surface area (Å²) < 4.78 is 18.4. The maximum absolute atomic E-state index is 13.2. The molecule has 0 radical (unpaired) electrons. The number of methoxy groups -OCH3 is 1. The first-order chi connectivity index (χ1) is 11.7. The van der Waals surface area contributed by atoms with E-state index in [-0.39, 0.29) is 17.8 Å². The van der Waals surface area contributed by atoms with Crippen LogP contribution in [0.3, 0.4) is 0 Å². The highest BCUT2D eigenvalue weighted by molar-refractivity contribution is 5.92. The molecule has 2 aromatic rings. The maximum Gasteiger partial charge on any atom is 0.247 e. The van der Waals surface area contributed by atoms with Crippen molar-refractivity contribution in [1.82, 2.24) is 4.90 Å². The smallest absolute Gasteiger partial charge is 0.247 e. The van der Waals surface area contributed by atoms with Crippen LogP contribution in [0, 0.1) is 5.82 Å². The molecule has 1 fully saturated rings. The highest BCUT2D eigenvalue weighted by Crippen LogP contribution is 2.33. The van der Waals surface area contributed by atoms with Crippen LogP contribution < -0.4 is 4.74 Å². The first kappa shape index (κ1) is 16.2. The fourth-order valence-corrected chi connectivity index (χ4v) is 3.08. The minimum Gasteiger partial charge on any atom is -0.497 e. The SMILES string of the molecule is COc1ccc(C2CCCN2C(=O)C=Cc2cccc(F)c2)cc1. The van der Waals surface area contributed by atoms with Crippen LogP contribution in [0.15, 0.2) is 54.6 Å². The lowest BCUT2D eigenvalue weighted by Crippen LogP contribution is -2.28. The van der Waals surface area contributed by atoms with Crippen molar-refractivity contribution in [2.24, 2.45) is 0 Å². The minimum atomic E-state index is -0.304. The summed E-state index contributed by atoms with van der Waals surface area (Å²) in [4.78, 5) is 14.4. The number of nitrogens with zero attached hydrogens (tertiary/aromatic N) is 1. The van der Waals surface area contributed by atoms with E-state index in [4.69, 9.17) is 4.74 Å². The van der Waals surface area contributed by atoms with Gasteiger partial charge < -0.3 is 9.64 Å². The van der Waals surface area contributed by atoms with Gasteiger partial charge in [0.05, 0.1) is 13.2 Å². The Bertz CT molecular complexity index is 740. The van der Waals surface area contributed by atoms with Crippen molar-refractivity contribution in [2.45, 2.75) is 18.9 Å².